The number of nitriles is 1. The molecule has 2 atom stereocenters. The van der Waals surface area contributed by atoms with Crippen molar-refractivity contribution in [1.82, 2.24) is 4.72 Å². The lowest BCUT2D eigenvalue weighted by Gasteiger charge is -2.26. The molecule has 1 aromatic rings. The van der Waals surface area contributed by atoms with Crippen molar-refractivity contribution in [2.24, 2.45) is 0 Å². The minimum absolute atomic E-state index is 0.142. The van der Waals surface area contributed by atoms with Crippen LogP contribution in [-0.2, 0) is 11.4 Å². The molecule has 0 aliphatic carbocycles. The summed E-state index contributed by atoms with van der Waals surface area (Å²) in [7, 11) is 0. The lowest BCUT2D eigenvalue weighted by atomic mass is 10.1. The van der Waals surface area contributed by atoms with E-state index in [1.807, 2.05) is 37.6 Å². The van der Waals surface area contributed by atoms with E-state index < -0.39 is 11.4 Å². The maximum absolute atomic E-state index is 11.9. The Balaban J connectivity index is 2.70. The van der Waals surface area contributed by atoms with Crippen LogP contribution in [0.3, 0.4) is 0 Å². The van der Waals surface area contributed by atoms with E-state index in [2.05, 4.69) is 10.8 Å². The van der Waals surface area contributed by atoms with Gasteiger partial charge in [0.25, 0.3) is 0 Å². The summed E-state index contributed by atoms with van der Waals surface area (Å²) in [5.74, 6) is 0. The summed E-state index contributed by atoms with van der Waals surface area (Å²) in [6.45, 7) is 5.73. The minimum atomic E-state index is -1.15. The second-order valence-corrected chi connectivity index (χ2v) is 7.25. The highest BCUT2D eigenvalue weighted by Crippen LogP contribution is 2.23. The van der Waals surface area contributed by atoms with Gasteiger partial charge in [0.2, 0.25) is 0 Å². The molecular formula is C11H16N2OS2. The van der Waals surface area contributed by atoms with Crippen LogP contribution < -0.4 is 4.72 Å². The molecule has 3 nitrogen and oxygen atoms in total. The van der Waals surface area contributed by atoms with Crippen LogP contribution in [0.15, 0.2) is 16.8 Å². The lowest BCUT2D eigenvalue weighted by Crippen LogP contribution is -2.41. The Morgan fingerprint density at radius 2 is 2.31 bits per heavy atom. The number of nitrogens with one attached hydrogen (secondary N) is 1. The van der Waals surface area contributed by atoms with Gasteiger partial charge in [-0.25, -0.2) is 0 Å². The van der Waals surface area contributed by atoms with Crippen LogP contribution in [0.1, 0.15) is 38.8 Å². The summed E-state index contributed by atoms with van der Waals surface area (Å²) in [5, 5.41) is 12.7. The zero-order valence-electron chi connectivity index (χ0n) is 9.69. The molecule has 0 amide bonds. The predicted molar refractivity (Wildman–Crippen MR) is 68.3 cm³/mol. The molecule has 0 radical (unpaired) electrons. The standard InChI is InChI=1S/C11H16N2OS2/c1-11(2,3)16(14)13-10(4-6-12)9-5-7-15-8-9/h5,7-8,10,13H,4H2,1-3H3/t10-,16-/m1/s1. The first-order valence-corrected chi connectivity index (χ1v) is 7.11. The topological polar surface area (TPSA) is 58.9 Å². The molecule has 1 heterocycles. The molecule has 1 aromatic heterocycles. The molecule has 0 aromatic carbocycles. The van der Waals surface area contributed by atoms with Crippen molar-refractivity contribution < 1.29 is 4.55 Å². The second kappa shape index (κ2) is 5.69. The van der Waals surface area contributed by atoms with Crippen molar-refractivity contribution in [3.8, 4) is 6.07 Å². The van der Waals surface area contributed by atoms with E-state index in [9.17, 15) is 4.55 Å². The molecule has 16 heavy (non-hydrogen) atoms. The first-order chi connectivity index (χ1) is 7.45. The SMILES string of the molecule is CC(C)(C)[S@@+]([O-])N[C@H](CC#N)c1ccsc1. The highest BCUT2D eigenvalue weighted by Gasteiger charge is 2.29. The monoisotopic (exact) mass is 256 g/mol. The van der Waals surface area contributed by atoms with Gasteiger partial charge in [0, 0.05) is 11.4 Å². The van der Waals surface area contributed by atoms with Crippen molar-refractivity contribution in [1.29, 1.82) is 5.26 Å². The first-order valence-electron chi connectivity index (χ1n) is 5.02. The Morgan fingerprint density at radius 3 is 2.75 bits per heavy atom. The Morgan fingerprint density at radius 1 is 1.62 bits per heavy atom. The van der Waals surface area contributed by atoms with E-state index in [-0.39, 0.29) is 10.8 Å². The predicted octanol–water partition coefficient (Wildman–Crippen LogP) is 2.75. The summed E-state index contributed by atoms with van der Waals surface area (Å²) in [4.78, 5) is 0. The van der Waals surface area contributed by atoms with Gasteiger partial charge in [-0.15, -0.1) is 4.72 Å². The van der Waals surface area contributed by atoms with Gasteiger partial charge in [-0.1, -0.05) is 0 Å². The van der Waals surface area contributed by atoms with Crippen LogP contribution in [0.5, 0.6) is 0 Å². The highest BCUT2D eigenvalue weighted by atomic mass is 32.2. The fourth-order valence-corrected chi connectivity index (χ4v) is 2.64. The third-order valence-corrected chi connectivity index (χ3v) is 4.36. The maximum Gasteiger partial charge on any atom is 0.136 e. The zero-order chi connectivity index (χ0) is 12.2. The molecule has 0 aliphatic heterocycles. The van der Waals surface area contributed by atoms with Gasteiger partial charge in [-0.3, -0.25) is 0 Å². The van der Waals surface area contributed by atoms with Crippen molar-refractivity contribution in [3.63, 3.8) is 0 Å². The van der Waals surface area contributed by atoms with Crippen LogP contribution in [0.4, 0.5) is 0 Å². The largest absolute Gasteiger partial charge is 0.598 e. The number of hydrogen-bond acceptors (Lipinski definition) is 4. The summed E-state index contributed by atoms with van der Waals surface area (Å²) in [5.41, 5.74) is 1.03. The van der Waals surface area contributed by atoms with Crippen LogP contribution in [0.25, 0.3) is 0 Å². The molecule has 0 bridgehead atoms. The Hall–Kier alpha value is -0.540. The lowest BCUT2D eigenvalue weighted by molar-refractivity contribution is 0.525. The van der Waals surface area contributed by atoms with E-state index in [4.69, 9.17) is 5.26 Å². The quantitative estimate of drug-likeness (QED) is 0.843. The summed E-state index contributed by atoms with van der Waals surface area (Å²) >= 11 is 0.430. The van der Waals surface area contributed by atoms with Gasteiger partial charge in [0.15, 0.2) is 0 Å². The fourth-order valence-electron chi connectivity index (χ4n) is 1.10. The van der Waals surface area contributed by atoms with Gasteiger partial charge in [-0.2, -0.15) is 16.6 Å². The molecule has 0 fully saturated rings. The Kier molecular flexibility index (Phi) is 4.81. The molecule has 0 spiro atoms. The minimum Gasteiger partial charge on any atom is -0.598 e. The Labute approximate surface area is 104 Å². The maximum atomic E-state index is 11.9. The first kappa shape index (κ1) is 13.5. The van der Waals surface area contributed by atoms with Crippen molar-refractivity contribution >= 4 is 22.7 Å². The average Bonchev–Trinajstić information content (AvgIpc) is 2.68. The fraction of sp³-hybridized carbons (Fsp3) is 0.545. The van der Waals surface area contributed by atoms with Crippen molar-refractivity contribution in [2.75, 3.05) is 0 Å². The molecule has 5 heteroatoms. The van der Waals surface area contributed by atoms with Gasteiger partial charge in [-0.05, 0) is 43.2 Å². The third kappa shape index (κ3) is 3.80. The van der Waals surface area contributed by atoms with Gasteiger partial charge in [0.1, 0.15) is 4.75 Å². The summed E-state index contributed by atoms with van der Waals surface area (Å²) in [6.07, 6.45) is 0.332. The number of nitrogens with zero attached hydrogens (tertiary/aromatic N) is 1. The van der Waals surface area contributed by atoms with Gasteiger partial charge < -0.3 is 4.55 Å². The van der Waals surface area contributed by atoms with Crippen LogP contribution in [0.2, 0.25) is 0 Å². The summed E-state index contributed by atoms with van der Waals surface area (Å²) < 4.78 is 14.6. The van der Waals surface area contributed by atoms with Crippen molar-refractivity contribution in [2.45, 2.75) is 38.0 Å². The number of thiophene rings is 1. The summed E-state index contributed by atoms with van der Waals surface area (Å²) in [6, 6.07) is 3.94. The molecular weight excluding hydrogens is 240 g/mol. The molecule has 0 unspecified atom stereocenters. The smallest absolute Gasteiger partial charge is 0.136 e. The zero-order valence-corrected chi connectivity index (χ0v) is 11.3. The molecule has 0 aliphatic rings. The third-order valence-electron chi connectivity index (χ3n) is 2.05. The van der Waals surface area contributed by atoms with Crippen LogP contribution in [-0.4, -0.2) is 9.30 Å². The van der Waals surface area contributed by atoms with E-state index in [0.717, 1.165) is 5.56 Å². The molecule has 1 N–H and O–H groups in total. The molecule has 0 saturated carbocycles. The Bertz CT molecular complexity index is 351. The number of rotatable bonds is 4. The van der Waals surface area contributed by atoms with Gasteiger partial charge in [0.05, 0.1) is 18.5 Å². The molecule has 0 saturated heterocycles. The van der Waals surface area contributed by atoms with E-state index >= 15 is 0 Å². The molecule has 1 rings (SSSR count). The van der Waals surface area contributed by atoms with Gasteiger partial charge >= 0.3 is 0 Å². The normalized spacial score (nSPS) is 15.4. The average molecular weight is 256 g/mol. The van der Waals surface area contributed by atoms with Crippen LogP contribution >= 0.6 is 11.3 Å². The van der Waals surface area contributed by atoms with E-state index in [0.29, 0.717) is 6.42 Å². The second-order valence-electron chi connectivity index (χ2n) is 4.47. The van der Waals surface area contributed by atoms with E-state index in [1.54, 1.807) is 11.3 Å². The van der Waals surface area contributed by atoms with Crippen LogP contribution in [0, 0.1) is 11.3 Å². The van der Waals surface area contributed by atoms with Crippen molar-refractivity contribution in [3.05, 3.63) is 22.4 Å². The number of hydrogen-bond donors (Lipinski definition) is 1. The molecule has 88 valence electrons. The highest BCUT2D eigenvalue weighted by molar-refractivity contribution is 7.90. The van der Waals surface area contributed by atoms with E-state index in [1.165, 1.54) is 0 Å².